The molecule has 0 amide bonds. The summed E-state index contributed by atoms with van der Waals surface area (Å²) in [5, 5.41) is 3.43. The van der Waals surface area contributed by atoms with E-state index in [1.54, 1.807) is 6.07 Å². The third-order valence-electron chi connectivity index (χ3n) is 2.76. The predicted octanol–water partition coefficient (Wildman–Crippen LogP) is 2.83. The minimum Gasteiger partial charge on any atom is -0.384 e. The molecule has 0 fully saturated rings. The summed E-state index contributed by atoms with van der Waals surface area (Å²) in [7, 11) is 0. The maximum Gasteiger partial charge on any atom is 0.124 e. The van der Waals surface area contributed by atoms with E-state index in [0.717, 1.165) is 17.8 Å². The summed E-state index contributed by atoms with van der Waals surface area (Å²) in [5.41, 5.74) is 9.05. The van der Waals surface area contributed by atoms with Crippen LogP contribution in [-0.4, -0.2) is 11.0 Å². The standard InChI is InChI=1S/C15H19N3/c1-11(2)17-10-12-6-3-4-7-13(12)14-8-5-9-15(16)18-14/h3-9,11,17H,10H2,1-2H3,(H2,16,18). The van der Waals surface area contributed by atoms with Crippen LogP contribution in [0.15, 0.2) is 42.5 Å². The van der Waals surface area contributed by atoms with E-state index in [2.05, 4.69) is 36.3 Å². The lowest BCUT2D eigenvalue weighted by Crippen LogP contribution is -2.22. The lowest BCUT2D eigenvalue weighted by Gasteiger charge is -2.12. The van der Waals surface area contributed by atoms with Crippen molar-refractivity contribution in [2.45, 2.75) is 26.4 Å². The van der Waals surface area contributed by atoms with Crippen molar-refractivity contribution in [1.29, 1.82) is 0 Å². The van der Waals surface area contributed by atoms with E-state index in [1.807, 2.05) is 24.3 Å². The highest BCUT2D eigenvalue weighted by molar-refractivity contribution is 5.64. The van der Waals surface area contributed by atoms with Gasteiger partial charge in [0.15, 0.2) is 0 Å². The Morgan fingerprint density at radius 3 is 2.61 bits per heavy atom. The number of pyridine rings is 1. The van der Waals surface area contributed by atoms with Crippen molar-refractivity contribution in [3.05, 3.63) is 48.0 Å². The van der Waals surface area contributed by atoms with Crippen LogP contribution in [0.4, 0.5) is 5.82 Å². The fourth-order valence-electron chi connectivity index (χ4n) is 1.84. The van der Waals surface area contributed by atoms with Gasteiger partial charge in [-0.15, -0.1) is 0 Å². The maximum atomic E-state index is 5.74. The van der Waals surface area contributed by atoms with E-state index in [1.165, 1.54) is 5.56 Å². The van der Waals surface area contributed by atoms with Crippen molar-refractivity contribution in [2.24, 2.45) is 0 Å². The number of hydrogen-bond acceptors (Lipinski definition) is 3. The molecule has 0 bridgehead atoms. The first-order chi connectivity index (χ1) is 8.66. The average Bonchev–Trinajstić information content (AvgIpc) is 2.36. The summed E-state index contributed by atoms with van der Waals surface area (Å²) in [4.78, 5) is 4.38. The van der Waals surface area contributed by atoms with Gasteiger partial charge in [-0.25, -0.2) is 4.98 Å². The molecule has 0 atom stereocenters. The summed E-state index contributed by atoms with van der Waals surface area (Å²) in [5.74, 6) is 0.555. The first-order valence-electron chi connectivity index (χ1n) is 6.21. The Bertz CT molecular complexity index is 521. The van der Waals surface area contributed by atoms with Crippen molar-refractivity contribution in [1.82, 2.24) is 10.3 Å². The number of rotatable bonds is 4. The molecule has 0 radical (unpaired) electrons. The van der Waals surface area contributed by atoms with E-state index >= 15 is 0 Å². The van der Waals surface area contributed by atoms with Gasteiger partial charge in [0.25, 0.3) is 0 Å². The highest BCUT2D eigenvalue weighted by Crippen LogP contribution is 2.22. The fraction of sp³-hybridized carbons (Fsp3) is 0.267. The zero-order valence-corrected chi connectivity index (χ0v) is 10.9. The summed E-state index contributed by atoms with van der Waals surface area (Å²) >= 11 is 0. The van der Waals surface area contributed by atoms with Gasteiger partial charge in [-0.05, 0) is 17.7 Å². The molecule has 1 heterocycles. The summed E-state index contributed by atoms with van der Waals surface area (Å²) in [6, 6.07) is 14.5. The van der Waals surface area contributed by atoms with E-state index in [0.29, 0.717) is 11.9 Å². The molecule has 1 aromatic carbocycles. The number of anilines is 1. The zero-order valence-electron chi connectivity index (χ0n) is 10.9. The molecular formula is C15H19N3. The molecule has 0 unspecified atom stereocenters. The molecule has 1 aromatic heterocycles. The van der Waals surface area contributed by atoms with Crippen molar-refractivity contribution in [3.8, 4) is 11.3 Å². The van der Waals surface area contributed by atoms with Gasteiger partial charge < -0.3 is 11.1 Å². The van der Waals surface area contributed by atoms with E-state index in [4.69, 9.17) is 5.73 Å². The van der Waals surface area contributed by atoms with Gasteiger partial charge in [-0.1, -0.05) is 44.2 Å². The minimum absolute atomic E-state index is 0.465. The molecule has 0 spiro atoms. The molecule has 0 aliphatic heterocycles. The van der Waals surface area contributed by atoms with Crippen LogP contribution in [0.1, 0.15) is 19.4 Å². The smallest absolute Gasteiger partial charge is 0.124 e. The largest absolute Gasteiger partial charge is 0.384 e. The van der Waals surface area contributed by atoms with E-state index in [9.17, 15) is 0 Å². The average molecular weight is 241 g/mol. The first-order valence-corrected chi connectivity index (χ1v) is 6.21. The molecule has 2 rings (SSSR count). The number of hydrogen-bond donors (Lipinski definition) is 2. The van der Waals surface area contributed by atoms with Gasteiger partial charge in [-0.3, -0.25) is 0 Å². The highest BCUT2D eigenvalue weighted by atomic mass is 14.9. The fourth-order valence-corrected chi connectivity index (χ4v) is 1.84. The zero-order chi connectivity index (χ0) is 13.0. The predicted molar refractivity (Wildman–Crippen MR) is 76.1 cm³/mol. The lowest BCUT2D eigenvalue weighted by atomic mass is 10.0. The Balaban J connectivity index is 2.32. The minimum atomic E-state index is 0.465. The highest BCUT2D eigenvalue weighted by Gasteiger charge is 2.06. The SMILES string of the molecule is CC(C)NCc1ccccc1-c1cccc(N)n1. The summed E-state index contributed by atoms with van der Waals surface area (Å²) < 4.78 is 0. The maximum absolute atomic E-state index is 5.74. The van der Waals surface area contributed by atoms with Gasteiger partial charge >= 0.3 is 0 Å². The molecule has 0 aliphatic carbocycles. The topological polar surface area (TPSA) is 50.9 Å². The monoisotopic (exact) mass is 241 g/mol. The quantitative estimate of drug-likeness (QED) is 0.865. The van der Waals surface area contributed by atoms with Crippen LogP contribution in [0.3, 0.4) is 0 Å². The molecule has 3 N–H and O–H groups in total. The van der Waals surface area contributed by atoms with Crippen LogP contribution in [0.2, 0.25) is 0 Å². The van der Waals surface area contributed by atoms with Gasteiger partial charge in [-0.2, -0.15) is 0 Å². The van der Waals surface area contributed by atoms with Crippen molar-refractivity contribution in [2.75, 3.05) is 5.73 Å². The molecule has 18 heavy (non-hydrogen) atoms. The lowest BCUT2D eigenvalue weighted by molar-refractivity contribution is 0.589. The Morgan fingerprint density at radius 1 is 1.11 bits per heavy atom. The second kappa shape index (κ2) is 5.65. The third-order valence-corrected chi connectivity index (χ3v) is 2.76. The van der Waals surface area contributed by atoms with Crippen LogP contribution in [0.25, 0.3) is 11.3 Å². The number of aromatic nitrogens is 1. The molecule has 94 valence electrons. The molecule has 3 nitrogen and oxygen atoms in total. The second-order valence-corrected chi connectivity index (χ2v) is 4.64. The second-order valence-electron chi connectivity index (χ2n) is 4.64. The van der Waals surface area contributed by atoms with Gasteiger partial charge in [0.05, 0.1) is 5.69 Å². The number of nitrogen functional groups attached to an aromatic ring is 1. The van der Waals surface area contributed by atoms with Crippen LogP contribution < -0.4 is 11.1 Å². The molecule has 0 saturated carbocycles. The Kier molecular flexibility index (Phi) is 3.95. The van der Waals surface area contributed by atoms with Gasteiger partial charge in [0, 0.05) is 18.2 Å². The first kappa shape index (κ1) is 12.6. The van der Waals surface area contributed by atoms with Crippen LogP contribution in [-0.2, 0) is 6.54 Å². The summed E-state index contributed by atoms with van der Waals surface area (Å²) in [6.07, 6.45) is 0. The van der Waals surface area contributed by atoms with E-state index in [-0.39, 0.29) is 0 Å². The van der Waals surface area contributed by atoms with Crippen molar-refractivity contribution >= 4 is 5.82 Å². The number of nitrogens with one attached hydrogen (secondary N) is 1. The number of nitrogens with two attached hydrogens (primary N) is 1. The molecular weight excluding hydrogens is 222 g/mol. The number of benzene rings is 1. The van der Waals surface area contributed by atoms with Crippen LogP contribution in [0, 0.1) is 0 Å². The molecule has 0 saturated heterocycles. The van der Waals surface area contributed by atoms with Gasteiger partial charge in [0.1, 0.15) is 5.82 Å². The molecule has 2 aromatic rings. The van der Waals surface area contributed by atoms with Crippen molar-refractivity contribution in [3.63, 3.8) is 0 Å². The molecule has 0 aliphatic rings. The normalized spacial score (nSPS) is 10.8. The van der Waals surface area contributed by atoms with E-state index < -0.39 is 0 Å². The third kappa shape index (κ3) is 3.08. The molecule has 3 heteroatoms. The van der Waals surface area contributed by atoms with Gasteiger partial charge in [0.2, 0.25) is 0 Å². The Labute approximate surface area is 108 Å². The van der Waals surface area contributed by atoms with Crippen LogP contribution >= 0.6 is 0 Å². The Morgan fingerprint density at radius 2 is 1.89 bits per heavy atom. The summed E-state index contributed by atoms with van der Waals surface area (Å²) in [6.45, 7) is 5.12. The van der Waals surface area contributed by atoms with Crippen molar-refractivity contribution < 1.29 is 0 Å². The number of nitrogens with zero attached hydrogens (tertiary/aromatic N) is 1. The van der Waals surface area contributed by atoms with Crippen LogP contribution in [0.5, 0.6) is 0 Å². The Hall–Kier alpha value is -1.87.